The highest BCUT2D eigenvalue weighted by molar-refractivity contribution is 5.81. The first-order valence-corrected chi connectivity index (χ1v) is 8.38. The zero-order chi connectivity index (χ0) is 16.9. The van der Waals surface area contributed by atoms with E-state index in [1.54, 1.807) is 6.20 Å². The summed E-state index contributed by atoms with van der Waals surface area (Å²) in [7, 11) is 0. The molecule has 0 radical (unpaired) electrons. The number of hydrogen-bond donors (Lipinski definition) is 1. The van der Waals surface area contributed by atoms with Gasteiger partial charge in [-0.15, -0.1) is 0 Å². The van der Waals surface area contributed by atoms with Crippen LogP contribution < -0.4 is 10.5 Å². The third-order valence-corrected chi connectivity index (χ3v) is 5.68. The van der Waals surface area contributed by atoms with E-state index >= 15 is 0 Å². The molecule has 0 spiro atoms. The van der Waals surface area contributed by atoms with Crippen LogP contribution in [0.1, 0.15) is 33.3 Å². The number of likely N-dealkylation sites (tertiary alicyclic amines) is 1. The molecule has 3 rings (SSSR count). The number of fused-ring (bicyclic) bond motifs is 1. The number of ether oxygens (including phenoxy) is 1. The number of carbonyl (C=O) groups excluding carboxylic acids is 1. The normalized spacial score (nSPS) is 33.3. The Morgan fingerprint density at radius 1 is 1.35 bits per heavy atom. The third kappa shape index (κ3) is 2.61. The van der Waals surface area contributed by atoms with Gasteiger partial charge in [0.2, 0.25) is 11.8 Å². The molecule has 1 saturated heterocycles. The number of rotatable bonds is 5. The molecule has 0 aromatic carbocycles. The lowest BCUT2D eigenvalue weighted by Gasteiger charge is -2.43. The van der Waals surface area contributed by atoms with Gasteiger partial charge >= 0.3 is 0 Å². The highest BCUT2D eigenvalue weighted by Gasteiger charge is 2.67. The van der Waals surface area contributed by atoms with Crippen molar-refractivity contribution in [2.45, 2.75) is 52.2 Å². The summed E-state index contributed by atoms with van der Waals surface area (Å²) in [5.74, 6) is 1.42. The average Bonchev–Trinajstić information content (AvgIpc) is 3.16. The van der Waals surface area contributed by atoms with E-state index in [4.69, 9.17) is 10.5 Å². The second kappa shape index (κ2) is 5.48. The number of nitrogens with zero attached hydrogens (tertiary/aromatic N) is 2. The summed E-state index contributed by atoms with van der Waals surface area (Å²) in [6.45, 7) is 11.4. The number of hydrogen-bond acceptors (Lipinski definition) is 4. The van der Waals surface area contributed by atoms with Crippen LogP contribution >= 0.6 is 0 Å². The minimum absolute atomic E-state index is 0.0611. The maximum absolute atomic E-state index is 11.5. The molecule has 1 aromatic heterocycles. The van der Waals surface area contributed by atoms with E-state index in [2.05, 4.69) is 37.6 Å². The van der Waals surface area contributed by atoms with Crippen LogP contribution in [0.25, 0.3) is 0 Å². The SMILES string of the molecule is Cc1cccnc1OCC(C)(C)N1C(C)C2C(C(N)=O)C2C1C. The monoisotopic (exact) mass is 317 g/mol. The van der Waals surface area contributed by atoms with Gasteiger partial charge in [0, 0.05) is 35.3 Å². The third-order valence-electron chi connectivity index (χ3n) is 5.68. The van der Waals surface area contributed by atoms with Gasteiger partial charge in [0.05, 0.1) is 0 Å². The van der Waals surface area contributed by atoms with Gasteiger partial charge in [0.15, 0.2) is 0 Å². The molecular weight excluding hydrogens is 290 g/mol. The van der Waals surface area contributed by atoms with Crippen molar-refractivity contribution in [3.05, 3.63) is 23.9 Å². The molecule has 1 amide bonds. The molecule has 23 heavy (non-hydrogen) atoms. The molecule has 0 bridgehead atoms. The van der Waals surface area contributed by atoms with E-state index in [0.717, 1.165) is 5.56 Å². The minimum atomic E-state index is -0.142. The van der Waals surface area contributed by atoms with Gasteiger partial charge in [0.1, 0.15) is 6.61 Å². The summed E-state index contributed by atoms with van der Waals surface area (Å²) >= 11 is 0. The Balaban J connectivity index is 1.69. The Labute approximate surface area is 138 Å². The number of piperidine rings is 1. The predicted molar refractivity (Wildman–Crippen MR) is 89.0 cm³/mol. The Morgan fingerprint density at radius 3 is 2.48 bits per heavy atom. The van der Waals surface area contributed by atoms with Crippen LogP contribution in [0.3, 0.4) is 0 Å². The van der Waals surface area contributed by atoms with Crippen molar-refractivity contribution in [2.75, 3.05) is 6.61 Å². The highest BCUT2D eigenvalue weighted by atomic mass is 16.5. The van der Waals surface area contributed by atoms with E-state index in [-0.39, 0.29) is 17.4 Å². The average molecular weight is 317 g/mol. The van der Waals surface area contributed by atoms with E-state index in [1.807, 2.05) is 19.1 Å². The number of aromatic nitrogens is 1. The summed E-state index contributed by atoms with van der Waals surface area (Å²) in [4.78, 5) is 18.3. The zero-order valence-corrected chi connectivity index (χ0v) is 14.6. The first-order valence-electron chi connectivity index (χ1n) is 8.38. The van der Waals surface area contributed by atoms with Crippen molar-refractivity contribution >= 4 is 5.91 Å². The first kappa shape index (κ1) is 16.2. The number of amides is 1. The fourth-order valence-electron chi connectivity index (χ4n) is 4.77. The highest BCUT2D eigenvalue weighted by Crippen LogP contribution is 2.59. The number of pyridine rings is 1. The summed E-state index contributed by atoms with van der Waals surface area (Å²) in [5, 5.41) is 0. The molecule has 126 valence electrons. The number of nitrogens with two attached hydrogens (primary N) is 1. The molecule has 4 atom stereocenters. The molecule has 1 aliphatic heterocycles. The van der Waals surface area contributed by atoms with E-state index in [9.17, 15) is 4.79 Å². The van der Waals surface area contributed by atoms with Crippen LogP contribution in [0.4, 0.5) is 0 Å². The van der Waals surface area contributed by atoms with Crippen LogP contribution in [0.2, 0.25) is 0 Å². The van der Waals surface area contributed by atoms with Gasteiger partial charge in [-0.25, -0.2) is 4.98 Å². The van der Waals surface area contributed by atoms with Gasteiger partial charge < -0.3 is 10.5 Å². The molecule has 1 aliphatic carbocycles. The molecule has 5 nitrogen and oxygen atoms in total. The van der Waals surface area contributed by atoms with Crippen molar-refractivity contribution in [3.63, 3.8) is 0 Å². The standard InChI is InChI=1S/C18H27N3O2/c1-10-7-6-8-20-17(10)23-9-18(4,5)21-11(2)13-14(12(21)3)15(13)16(19)22/h6-8,11-15H,9H2,1-5H3,(H2,19,22). The van der Waals surface area contributed by atoms with Crippen molar-refractivity contribution in [1.82, 2.24) is 9.88 Å². The Hall–Kier alpha value is -1.62. The molecule has 1 saturated carbocycles. The lowest BCUT2D eigenvalue weighted by Crippen LogP contribution is -2.55. The van der Waals surface area contributed by atoms with Crippen LogP contribution in [-0.2, 0) is 4.79 Å². The summed E-state index contributed by atoms with van der Waals surface area (Å²) in [5.41, 5.74) is 6.45. The maximum Gasteiger partial charge on any atom is 0.221 e. The molecular formula is C18H27N3O2. The van der Waals surface area contributed by atoms with E-state index < -0.39 is 0 Å². The smallest absolute Gasteiger partial charge is 0.221 e. The molecule has 4 unspecified atom stereocenters. The Kier molecular flexibility index (Phi) is 3.87. The topological polar surface area (TPSA) is 68.4 Å². The van der Waals surface area contributed by atoms with Gasteiger partial charge in [-0.05, 0) is 52.5 Å². The van der Waals surface area contributed by atoms with Crippen LogP contribution in [-0.4, -0.2) is 40.0 Å². The number of carbonyl (C=O) groups is 1. The Bertz CT molecular complexity index is 600. The summed E-state index contributed by atoms with van der Waals surface area (Å²) in [6, 6.07) is 4.60. The predicted octanol–water partition coefficient (Wildman–Crippen LogP) is 1.99. The number of aryl methyl sites for hydroxylation is 1. The fraction of sp³-hybridized carbons (Fsp3) is 0.667. The van der Waals surface area contributed by atoms with Crippen molar-refractivity contribution < 1.29 is 9.53 Å². The van der Waals surface area contributed by atoms with Crippen LogP contribution in [0.5, 0.6) is 5.88 Å². The summed E-state index contributed by atoms with van der Waals surface area (Å²) in [6.07, 6.45) is 1.75. The van der Waals surface area contributed by atoms with Crippen molar-refractivity contribution in [3.8, 4) is 5.88 Å². The van der Waals surface area contributed by atoms with Crippen molar-refractivity contribution in [1.29, 1.82) is 0 Å². The molecule has 2 aliphatic rings. The second-order valence-corrected chi connectivity index (χ2v) is 7.70. The van der Waals surface area contributed by atoms with Gasteiger partial charge in [-0.1, -0.05) is 6.07 Å². The fourth-order valence-corrected chi connectivity index (χ4v) is 4.77. The first-order chi connectivity index (χ1) is 10.8. The molecule has 2 N–H and O–H groups in total. The van der Waals surface area contributed by atoms with Gasteiger partial charge in [0.25, 0.3) is 0 Å². The zero-order valence-electron chi connectivity index (χ0n) is 14.6. The quantitative estimate of drug-likeness (QED) is 0.902. The van der Waals surface area contributed by atoms with E-state index in [0.29, 0.717) is 36.4 Å². The molecule has 2 heterocycles. The van der Waals surface area contributed by atoms with Crippen LogP contribution in [0, 0.1) is 24.7 Å². The van der Waals surface area contributed by atoms with E-state index in [1.165, 1.54) is 0 Å². The molecule has 5 heteroatoms. The Morgan fingerprint density at radius 2 is 1.96 bits per heavy atom. The van der Waals surface area contributed by atoms with Crippen LogP contribution in [0.15, 0.2) is 18.3 Å². The lowest BCUT2D eigenvalue weighted by atomic mass is 9.97. The number of primary amides is 1. The maximum atomic E-state index is 11.5. The van der Waals surface area contributed by atoms with Gasteiger partial charge in [-0.2, -0.15) is 0 Å². The van der Waals surface area contributed by atoms with Gasteiger partial charge in [-0.3, -0.25) is 9.69 Å². The minimum Gasteiger partial charge on any atom is -0.476 e. The second-order valence-electron chi connectivity index (χ2n) is 7.70. The summed E-state index contributed by atoms with van der Waals surface area (Å²) < 4.78 is 5.99. The largest absolute Gasteiger partial charge is 0.476 e. The molecule has 2 fully saturated rings. The lowest BCUT2D eigenvalue weighted by molar-refractivity contribution is -0.121. The van der Waals surface area contributed by atoms with Crippen molar-refractivity contribution in [2.24, 2.45) is 23.5 Å². The molecule has 1 aromatic rings.